The summed E-state index contributed by atoms with van der Waals surface area (Å²) in [4.78, 5) is 24.6. The van der Waals surface area contributed by atoms with E-state index in [4.69, 9.17) is 0 Å². The highest BCUT2D eigenvalue weighted by molar-refractivity contribution is 5.74. The minimum absolute atomic E-state index is 0.00474. The summed E-state index contributed by atoms with van der Waals surface area (Å²) >= 11 is 0. The molecule has 1 aliphatic heterocycles. The van der Waals surface area contributed by atoms with Gasteiger partial charge in [0.15, 0.2) is 0 Å². The van der Waals surface area contributed by atoms with E-state index in [2.05, 4.69) is 26.3 Å². The number of aromatic nitrogens is 2. The Morgan fingerprint density at radius 2 is 1.65 bits per heavy atom. The summed E-state index contributed by atoms with van der Waals surface area (Å²) in [5.74, 6) is 0. The fourth-order valence-corrected chi connectivity index (χ4v) is 2.65. The van der Waals surface area contributed by atoms with Crippen molar-refractivity contribution in [3.8, 4) is 0 Å². The van der Waals surface area contributed by atoms with Crippen LogP contribution in [0.15, 0.2) is 49.1 Å². The van der Waals surface area contributed by atoms with E-state index < -0.39 is 0 Å². The predicted octanol–water partition coefficient (Wildman–Crippen LogP) is 1.50. The van der Waals surface area contributed by atoms with Gasteiger partial charge >= 0.3 is 6.03 Å². The van der Waals surface area contributed by atoms with E-state index in [0.717, 1.165) is 38.3 Å². The Labute approximate surface area is 136 Å². The zero-order valence-electron chi connectivity index (χ0n) is 13.1. The lowest BCUT2D eigenvalue weighted by atomic mass is 10.2. The third-order valence-corrected chi connectivity index (χ3v) is 3.96. The molecule has 0 spiro atoms. The molecule has 1 N–H and O–H groups in total. The zero-order chi connectivity index (χ0) is 15.9. The molecule has 2 aromatic heterocycles. The molecule has 23 heavy (non-hydrogen) atoms. The highest BCUT2D eigenvalue weighted by Gasteiger charge is 2.20. The molecule has 6 nitrogen and oxygen atoms in total. The predicted molar refractivity (Wildman–Crippen MR) is 87.6 cm³/mol. The maximum absolute atomic E-state index is 12.2. The van der Waals surface area contributed by atoms with Crippen LogP contribution in [-0.4, -0.2) is 52.0 Å². The molecule has 2 amide bonds. The number of nitrogens with one attached hydrogen (secondary N) is 1. The van der Waals surface area contributed by atoms with Crippen molar-refractivity contribution < 1.29 is 4.79 Å². The van der Waals surface area contributed by atoms with Crippen molar-refractivity contribution in [3.05, 3.63) is 60.2 Å². The topological polar surface area (TPSA) is 61.4 Å². The number of hydrogen-bond acceptors (Lipinski definition) is 4. The smallest absolute Gasteiger partial charge is 0.317 e. The fraction of sp³-hybridized carbons (Fsp3) is 0.353. The lowest BCUT2D eigenvalue weighted by molar-refractivity contribution is 0.135. The Morgan fingerprint density at radius 3 is 2.26 bits per heavy atom. The quantitative estimate of drug-likeness (QED) is 0.929. The lowest BCUT2D eigenvalue weighted by Gasteiger charge is -2.34. The van der Waals surface area contributed by atoms with E-state index in [-0.39, 0.29) is 6.03 Å². The summed E-state index contributed by atoms with van der Waals surface area (Å²) in [5, 5.41) is 2.95. The molecule has 6 heteroatoms. The molecule has 0 bridgehead atoms. The minimum Gasteiger partial charge on any atom is -0.334 e. The molecule has 120 valence electrons. The molecule has 0 unspecified atom stereocenters. The number of urea groups is 1. The van der Waals surface area contributed by atoms with Crippen LogP contribution in [0.4, 0.5) is 4.79 Å². The molecule has 0 saturated carbocycles. The summed E-state index contributed by atoms with van der Waals surface area (Å²) in [5.41, 5.74) is 2.22. The number of amides is 2. The van der Waals surface area contributed by atoms with Gasteiger partial charge in [-0.2, -0.15) is 0 Å². The van der Waals surface area contributed by atoms with Crippen LogP contribution in [0.3, 0.4) is 0 Å². The largest absolute Gasteiger partial charge is 0.334 e. The molecule has 3 heterocycles. The second kappa shape index (κ2) is 7.69. The first-order chi connectivity index (χ1) is 11.3. The van der Waals surface area contributed by atoms with Gasteiger partial charge < -0.3 is 10.2 Å². The maximum atomic E-state index is 12.2. The number of carbonyl (C=O) groups is 1. The van der Waals surface area contributed by atoms with E-state index >= 15 is 0 Å². The van der Waals surface area contributed by atoms with Gasteiger partial charge in [0.25, 0.3) is 0 Å². The summed E-state index contributed by atoms with van der Waals surface area (Å²) in [6.07, 6.45) is 7.18. The van der Waals surface area contributed by atoms with Crippen molar-refractivity contribution in [2.75, 3.05) is 26.2 Å². The monoisotopic (exact) mass is 311 g/mol. The van der Waals surface area contributed by atoms with Crippen LogP contribution in [0.1, 0.15) is 11.1 Å². The van der Waals surface area contributed by atoms with Crippen LogP contribution in [0.5, 0.6) is 0 Å². The molecule has 0 atom stereocenters. The second-order valence-corrected chi connectivity index (χ2v) is 5.64. The Hall–Kier alpha value is -2.47. The average molecular weight is 311 g/mol. The molecule has 1 saturated heterocycles. The van der Waals surface area contributed by atoms with Crippen LogP contribution >= 0.6 is 0 Å². The third kappa shape index (κ3) is 4.50. The summed E-state index contributed by atoms with van der Waals surface area (Å²) in [6.45, 7) is 4.67. The maximum Gasteiger partial charge on any atom is 0.317 e. The molecular formula is C17H21N5O. The van der Waals surface area contributed by atoms with Gasteiger partial charge in [0.1, 0.15) is 0 Å². The SMILES string of the molecule is O=C(NCc1cccnc1)N1CCN(Cc2cccnc2)CC1. The second-order valence-electron chi connectivity index (χ2n) is 5.64. The molecule has 0 radical (unpaired) electrons. The number of pyridine rings is 2. The number of rotatable bonds is 4. The highest BCUT2D eigenvalue weighted by atomic mass is 16.2. The Morgan fingerprint density at radius 1 is 1.00 bits per heavy atom. The van der Waals surface area contributed by atoms with Crippen molar-refractivity contribution >= 4 is 6.03 Å². The van der Waals surface area contributed by atoms with Crippen LogP contribution in [0.25, 0.3) is 0 Å². The van der Waals surface area contributed by atoms with E-state index in [9.17, 15) is 4.79 Å². The van der Waals surface area contributed by atoms with Gasteiger partial charge in [0, 0.05) is 64.1 Å². The molecule has 0 aliphatic carbocycles. The normalized spacial score (nSPS) is 15.4. The Kier molecular flexibility index (Phi) is 5.16. The van der Waals surface area contributed by atoms with Crippen LogP contribution < -0.4 is 5.32 Å². The molecular weight excluding hydrogens is 290 g/mol. The van der Waals surface area contributed by atoms with Crippen LogP contribution in [0.2, 0.25) is 0 Å². The fourth-order valence-electron chi connectivity index (χ4n) is 2.65. The first kappa shape index (κ1) is 15.4. The number of hydrogen-bond donors (Lipinski definition) is 1. The van der Waals surface area contributed by atoms with Gasteiger partial charge in [-0.1, -0.05) is 12.1 Å². The van der Waals surface area contributed by atoms with Crippen LogP contribution in [-0.2, 0) is 13.1 Å². The Bertz CT molecular complexity index is 611. The van der Waals surface area contributed by atoms with Gasteiger partial charge in [0.2, 0.25) is 0 Å². The van der Waals surface area contributed by atoms with Gasteiger partial charge in [-0.3, -0.25) is 14.9 Å². The van der Waals surface area contributed by atoms with E-state index in [1.807, 2.05) is 29.3 Å². The third-order valence-electron chi connectivity index (χ3n) is 3.96. The van der Waals surface area contributed by atoms with E-state index in [0.29, 0.717) is 6.54 Å². The first-order valence-corrected chi connectivity index (χ1v) is 7.84. The van der Waals surface area contributed by atoms with E-state index in [1.54, 1.807) is 18.6 Å². The molecule has 3 rings (SSSR count). The standard InChI is InChI=1S/C17H21N5O/c23-17(20-13-15-3-1-5-18-11-15)22-9-7-21(8-10-22)14-16-4-2-6-19-12-16/h1-6,11-12H,7-10,13-14H2,(H,20,23). The molecule has 0 aromatic carbocycles. The van der Waals surface area contributed by atoms with Crippen molar-refractivity contribution in [1.82, 2.24) is 25.1 Å². The van der Waals surface area contributed by atoms with Gasteiger partial charge in [-0.05, 0) is 23.3 Å². The zero-order valence-corrected chi connectivity index (χ0v) is 13.1. The number of carbonyl (C=O) groups excluding carboxylic acids is 1. The van der Waals surface area contributed by atoms with Gasteiger partial charge in [-0.25, -0.2) is 4.79 Å². The van der Waals surface area contributed by atoms with E-state index in [1.165, 1.54) is 5.56 Å². The van der Waals surface area contributed by atoms with Gasteiger partial charge in [0.05, 0.1) is 0 Å². The lowest BCUT2D eigenvalue weighted by Crippen LogP contribution is -2.51. The van der Waals surface area contributed by atoms with Gasteiger partial charge in [-0.15, -0.1) is 0 Å². The molecule has 1 fully saturated rings. The Balaban J connectivity index is 1.42. The summed E-state index contributed by atoms with van der Waals surface area (Å²) < 4.78 is 0. The molecule has 2 aromatic rings. The molecule has 1 aliphatic rings. The van der Waals surface area contributed by atoms with Crippen LogP contribution in [0, 0.1) is 0 Å². The minimum atomic E-state index is -0.00474. The van der Waals surface area contributed by atoms with Crippen molar-refractivity contribution in [2.24, 2.45) is 0 Å². The summed E-state index contributed by atoms with van der Waals surface area (Å²) in [6, 6.07) is 7.87. The van der Waals surface area contributed by atoms with Crippen molar-refractivity contribution in [3.63, 3.8) is 0 Å². The van der Waals surface area contributed by atoms with Crippen molar-refractivity contribution in [1.29, 1.82) is 0 Å². The number of nitrogens with zero attached hydrogens (tertiary/aromatic N) is 4. The first-order valence-electron chi connectivity index (χ1n) is 7.84. The number of piperazine rings is 1. The summed E-state index contributed by atoms with van der Waals surface area (Å²) in [7, 11) is 0. The highest BCUT2D eigenvalue weighted by Crippen LogP contribution is 2.08. The average Bonchev–Trinajstić information content (AvgIpc) is 2.62. The van der Waals surface area contributed by atoms with Crippen molar-refractivity contribution in [2.45, 2.75) is 13.1 Å².